The van der Waals surface area contributed by atoms with Gasteiger partial charge in [-0.3, -0.25) is 9.78 Å². The van der Waals surface area contributed by atoms with E-state index in [1.165, 1.54) is 11.1 Å². The maximum Gasteiger partial charge on any atom is 0.272 e. The van der Waals surface area contributed by atoms with Crippen molar-refractivity contribution < 1.29 is 14.3 Å². The number of benzene rings is 1. The minimum absolute atomic E-state index is 0.0408. The summed E-state index contributed by atoms with van der Waals surface area (Å²) in [6.45, 7) is 6.84. The van der Waals surface area contributed by atoms with Crippen LogP contribution in [0.3, 0.4) is 0 Å². The van der Waals surface area contributed by atoms with E-state index in [0.29, 0.717) is 44.8 Å². The van der Waals surface area contributed by atoms with Gasteiger partial charge in [0, 0.05) is 43.5 Å². The predicted molar refractivity (Wildman–Crippen MR) is 112 cm³/mol. The number of aromatic nitrogens is 1. The number of ether oxygens (including phenoxy) is 2. The van der Waals surface area contributed by atoms with Crippen molar-refractivity contribution in [1.82, 2.24) is 9.88 Å². The number of rotatable bonds is 5. The minimum Gasteiger partial charge on any atom is -0.355 e. The van der Waals surface area contributed by atoms with Gasteiger partial charge in [0.15, 0.2) is 5.79 Å². The second-order valence-corrected chi connectivity index (χ2v) is 7.61. The largest absolute Gasteiger partial charge is 0.355 e. The van der Waals surface area contributed by atoms with E-state index in [2.05, 4.69) is 42.3 Å². The standard InChI is InChI=1S/C23H29N3O3/c1-3-17-6-5-7-18(4-2)21(17)25-19-8-11-24-20(16-19)22(27)26-12-9-23(10-13-26)28-14-15-29-23/h5-8,11,16H,3-4,9-10,12-15H2,1-2H3,(H,24,25). The van der Waals surface area contributed by atoms with Crippen LogP contribution in [0.25, 0.3) is 0 Å². The van der Waals surface area contributed by atoms with Gasteiger partial charge in [0.05, 0.1) is 13.2 Å². The Balaban J connectivity index is 1.49. The molecule has 29 heavy (non-hydrogen) atoms. The normalized spacial score (nSPS) is 18.2. The third-order valence-electron chi connectivity index (χ3n) is 5.87. The molecule has 0 unspecified atom stereocenters. The van der Waals surface area contributed by atoms with Crippen molar-refractivity contribution in [2.45, 2.75) is 45.3 Å². The van der Waals surface area contributed by atoms with Crippen LogP contribution in [-0.2, 0) is 22.3 Å². The molecule has 1 aromatic heterocycles. The first kappa shape index (κ1) is 19.9. The Bertz CT molecular complexity index is 845. The molecule has 1 spiro atoms. The Hall–Kier alpha value is -2.44. The van der Waals surface area contributed by atoms with Gasteiger partial charge in [-0.2, -0.15) is 0 Å². The molecule has 2 aliphatic rings. The minimum atomic E-state index is -0.478. The number of nitrogens with one attached hydrogen (secondary N) is 1. The molecular formula is C23H29N3O3. The molecule has 0 bridgehead atoms. The van der Waals surface area contributed by atoms with Gasteiger partial charge in [-0.1, -0.05) is 32.0 Å². The van der Waals surface area contributed by atoms with E-state index in [4.69, 9.17) is 9.47 Å². The van der Waals surface area contributed by atoms with Crippen molar-refractivity contribution in [3.8, 4) is 0 Å². The third kappa shape index (κ3) is 4.14. The number of carbonyl (C=O) groups excluding carboxylic acids is 1. The van der Waals surface area contributed by atoms with Gasteiger partial charge in [-0.15, -0.1) is 0 Å². The van der Waals surface area contributed by atoms with E-state index in [0.717, 1.165) is 24.2 Å². The predicted octanol–water partition coefficient (Wildman–Crippen LogP) is 3.93. The molecule has 2 aliphatic heterocycles. The fourth-order valence-corrected chi connectivity index (χ4v) is 4.17. The summed E-state index contributed by atoms with van der Waals surface area (Å²) in [5.74, 6) is -0.519. The lowest BCUT2D eigenvalue weighted by Crippen LogP contribution is -2.47. The van der Waals surface area contributed by atoms with Crippen LogP contribution in [-0.4, -0.2) is 47.9 Å². The molecule has 6 nitrogen and oxygen atoms in total. The fourth-order valence-electron chi connectivity index (χ4n) is 4.17. The lowest BCUT2D eigenvalue weighted by Gasteiger charge is -2.37. The molecule has 1 N–H and O–H groups in total. The highest BCUT2D eigenvalue weighted by molar-refractivity contribution is 5.93. The van der Waals surface area contributed by atoms with E-state index in [1.54, 1.807) is 6.20 Å². The number of pyridine rings is 1. The molecule has 1 amide bonds. The number of hydrogen-bond acceptors (Lipinski definition) is 5. The molecule has 1 aromatic carbocycles. The number of piperidine rings is 1. The van der Waals surface area contributed by atoms with Crippen molar-refractivity contribution in [2.24, 2.45) is 0 Å². The van der Waals surface area contributed by atoms with Crippen molar-refractivity contribution in [3.63, 3.8) is 0 Å². The molecule has 2 aromatic rings. The zero-order valence-corrected chi connectivity index (χ0v) is 17.2. The van der Waals surface area contributed by atoms with Crippen LogP contribution in [0.5, 0.6) is 0 Å². The van der Waals surface area contributed by atoms with Crippen LogP contribution in [0, 0.1) is 0 Å². The molecule has 6 heteroatoms. The lowest BCUT2D eigenvalue weighted by atomic mass is 10.0. The van der Waals surface area contributed by atoms with Crippen LogP contribution in [0.2, 0.25) is 0 Å². The summed E-state index contributed by atoms with van der Waals surface area (Å²) in [5.41, 5.74) is 5.03. The van der Waals surface area contributed by atoms with Gasteiger partial charge >= 0.3 is 0 Å². The molecule has 2 fully saturated rings. The summed E-state index contributed by atoms with van der Waals surface area (Å²) >= 11 is 0. The lowest BCUT2D eigenvalue weighted by molar-refractivity contribution is -0.181. The Morgan fingerprint density at radius 1 is 1.10 bits per heavy atom. The Morgan fingerprint density at radius 2 is 1.76 bits per heavy atom. The fraction of sp³-hybridized carbons (Fsp3) is 0.478. The van der Waals surface area contributed by atoms with Crippen LogP contribution < -0.4 is 5.32 Å². The summed E-state index contributed by atoms with van der Waals surface area (Å²) in [6.07, 6.45) is 5.02. The van der Waals surface area contributed by atoms with Gasteiger partial charge < -0.3 is 19.7 Å². The molecule has 3 heterocycles. The van der Waals surface area contributed by atoms with E-state index in [9.17, 15) is 4.79 Å². The van der Waals surface area contributed by atoms with E-state index < -0.39 is 5.79 Å². The summed E-state index contributed by atoms with van der Waals surface area (Å²) in [6, 6.07) is 10.2. The van der Waals surface area contributed by atoms with Crippen molar-refractivity contribution >= 4 is 17.3 Å². The van der Waals surface area contributed by atoms with E-state index in [-0.39, 0.29) is 5.91 Å². The highest BCUT2D eigenvalue weighted by Crippen LogP contribution is 2.32. The van der Waals surface area contributed by atoms with Crippen molar-refractivity contribution in [3.05, 3.63) is 53.3 Å². The van der Waals surface area contributed by atoms with Crippen LogP contribution >= 0.6 is 0 Å². The smallest absolute Gasteiger partial charge is 0.272 e. The second-order valence-electron chi connectivity index (χ2n) is 7.61. The van der Waals surface area contributed by atoms with Gasteiger partial charge in [-0.25, -0.2) is 0 Å². The Kier molecular flexibility index (Phi) is 5.83. The van der Waals surface area contributed by atoms with Crippen LogP contribution in [0.4, 0.5) is 11.4 Å². The molecule has 0 saturated carbocycles. The second kappa shape index (κ2) is 8.51. The third-order valence-corrected chi connectivity index (χ3v) is 5.87. The number of likely N-dealkylation sites (tertiary alicyclic amines) is 1. The maximum atomic E-state index is 13.0. The summed E-state index contributed by atoms with van der Waals surface area (Å²) in [5, 5.41) is 3.53. The van der Waals surface area contributed by atoms with E-state index >= 15 is 0 Å². The first-order valence-corrected chi connectivity index (χ1v) is 10.5. The molecule has 0 radical (unpaired) electrons. The van der Waals surface area contributed by atoms with E-state index in [1.807, 2.05) is 17.0 Å². The molecule has 0 atom stereocenters. The Morgan fingerprint density at radius 3 is 2.38 bits per heavy atom. The maximum absolute atomic E-state index is 13.0. The zero-order valence-electron chi connectivity index (χ0n) is 17.2. The number of nitrogens with zero attached hydrogens (tertiary/aromatic N) is 2. The zero-order chi connectivity index (χ0) is 20.3. The number of aryl methyl sites for hydroxylation is 2. The highest BCUT2D eigenvalue weighted by atomic mass is 16.7. The van der Waals surface area contributed by atoms with Crippen molar-refractivity contribution in [1.29, 1.82) is 0 Å². The number of para-hydroxylation sites is 1. The summed E-state index contributed by atoms with van der Waals surface area (Å²) in [7, 11) is 0. The molecule has 2 saturated heterocycles. The highest BCUT2D eigenvalue weighted by Gasteiger charge is 2.41. The van der Waals surface area contributed by atoms with Gasteiger partial charge in [0.2, 0.25) is 0 Å². The topological polar surface area (TPSA) is 63.7 Å². The molecule has 0 aliphatic carbocycles. The molecular weight excluding hydrogens is 366 g/mol. The summed E-state index contributed by atoms with van der Waals surface area (Å²) in [4.78, 5) is 19.2. The Labute approximate surface area is 172 Å². The van der Waals surface area contributed by atoms with Gasteiger partial charge in [0.1, 0.15) is 5.69 Å². The SMILES string of the molecule is CCc1cccc(CC)c1Nc1ccnc(C(=O)N2CCC3(CC2)OCCO3)c1. The quantitative estimate of drug-likeness (QED) is 0.831. The van der Waals surface area contributed by atoms with Crippen LogP contribution in [0.15, 0.2) is 36.5 Å². The average molecular weight is 396 g/mol. The number of anilines is 2. The monoisotopic (exact) mass is 395 g/mol. The molecule has 154 valence electrons. The number of carbonyl (C=O) groups is 1. The van der Waals surface area contributed by atoms with Gasteiger partial charge in [0.25, 0.3) is 5.91 Å². The summed E-state index contributed by atoms with van der Waals surface area (Å²) < 4.78 is 11.5. The number of amides is 1. The van der Waals surface area contributed by atoms with Gasteiger partial charge in [-0.05, 0) is 36.1 Å². The van der Waals surface area contributed by atoms with Crippen molar-refractivity contribution in [2.75, 3.05) is 31.6 Å². The first-order valence-electron chi connectivity index (χ1n) is 10.5. The first-order chi connectivity index (χ1) is 14.1. The average Bonchev–Trinajstić information content (AvgIpc) is 3.22. The van der Waals surface area contributed by atoms with Crippen LogP contribution in [0.1, 0.15) is 48.3 Å². The number of hydrogen-bond donors (Lipinski definition) is 1. The molecule has 4 rings (SSSR count).